The Bertz CT molecular complexity index is 632. The topological polar surface area (TPSA) is 44.5 Å². The summed E-state index contributed by atoms with van der Waals surface area (Å²) in [5.74, 6) is 0.936. The Hall–Kier alpha value is -1.78. The molecule has 0 aliphatic heterocycles. The average molecular weight is 310 g/mol. The first-order valence-corrected chi connectivity index (χ1v) is 6.89. The summed E-state index contributed by atoms with van der Waals surface area (Å²) >= 11 is 5.99. The van der Waals surface area contributed by atoms with Crippen LogP contribution in [0.15, 0.2) is 36.4 Å². The van der Waals surface area contributed by atoms with Crippen molar-refractivity contribution in [1.82, 2.24) is 0 Å². The second-order valence-corrected chi connectivity index (χ2v) is 5.12. The first-order valence-electron chi connectivity index (χ1n) is 6.51. The molecular weight excluding hydrogens is 293 g/mol. The van der Waals surface area contributed by atoms with Crippen molar-refractivity contribution >= 4 is 11.6 Å². The minimum atomic E-state index is -0.374. The first kappa shape index (κ1) is 15.6. The predicted octanol–water partition coefficient (Wildman–Crippen LogP) is 4.09. The maximum Gasteiger partial charge on any atom is 0.128 e. The smallest absolute Gasteiger partial charge is 0.128 e. The van der Waals surface area contributed by atoms with Crippen LogP contribution in [0.5, 0.6) is 11.5 Å². The summed E-state index contributed by atoms with van der Waals surface area (Å²) in [5, 5.41) is 0.334. The van der Waals surface area contributed by atoms with Gasteiger partial charge in [0.05, 0.1) is 12.1 Å². The van der Waals surface area contributed by atoms with Crippen LogP contribution in [0.1, 0.15) is 24.1 Å². The SMILES string of the molecule is COc1ccc(C(C)N)c(OCc2ccc(F)cc2Cl)c1. The molecule has 0 aliphatic rings. The fraction of sp³-hybridized carbons (Fsp3) is 0.250. The fourth-order valence-corrected chi connectivity index (χ4v) is 2.16. The zero-order valence-electron chi connectivity index (χ0n) is 11.9. The van der Waals surface area contributed by atoms with E-state index in [0.717, 1.165) is 5.56 Å². The molecule has 2 aromatic rings. The monoisotopic (exact) mass is 309 g/mol. The molecule has 0 radical (unpaired) electrons. The highest BCUT2D eigenvalue weighted by Gasteiger charge is 2.11. The quantitative estimate of drug-likeness (QED) is 0.905. The number of rotatable bonds is 5. The van der Waals surface area contributed by atoms with Gasteiger partial charge in [0.2, 0.25) is 0 Å². The van der Waals surface area contributed by atoms with E-state index < -0.39 is 0 Å². The van der Waals surface area contributed by atoms with Gasteiger partial charge in [0, 0.05) is 23.2 Å². The lowest BCUT2D eigenvalue weighted by atomic mass is 10.1. The molecule has 5 heteroatoms. The molecule has 0 saturated carbocycles. The molecule has 0 bridgehead atoms. The number of ether oxygens (including phenoxy) is 2. The van der Waals surface area contributed by atoms with Gasteiger partial charge >= 0.3 is 0 Å². The summed E-state index contributed by atoms with van der Waals surface area (Å²) in [6.07, 6.45) is 0. The first-order chi connectivity index (χ1) is 10.0. The molecule has 1 atom stereocenters. The van der Waals surface area contributed by atoms with E-state index in [9.17, 15) is 4.39 Å². The van der Waals surface area contributed by atoms with Crippen LogP contribution in [0.4, 0.5) is 4.39 Å². The van der Waals surface area contributed by atoms with Gasteiger partial charge in [-0.1, -0.05) is 23.7 Å². The second-order valence-electron chi connectivity index (χ2n) is 4.72. The standard InChI is InChI=1S/C16H17ClFNO2/c1-10(19)14-6-5-13(20-2)8-16(14)21-9-11-3-4-12(18)7-15(11)17/h3-8,10H,9,19H2,1-2H3. The summed E-state index contributed by atoms with van der Waals surface area (Å²) < 4.78 is 24.0. The minimum Gasteiger partial charge on any atom is -0.497 e. The Morgan fingerprint density at radius 2 is 2.00 bits per heavy atom. The van der Waals surface area contributed by atoms with Gasteiger partial charge in [-0.05, 0) is 25.1 Å². The van der Waals surface area contributed by atoms with E-state index in [2.05, 4.69) is 0 Å². The zero-order chi connectivity index (χ0) is 15.4. The summed E-state index contributed by atoms with van der Waals surface area (Å²) in [6.45, 7) is 2.10. The van der Waals surface area contributed by atoms with E-state index >= 15 is 0 Å². The molecule has 21 heavy (non-hydrogen) atoms. The predicted molar refractivity (Wildman–Crippen MR) is 81.3 cm³/mol. The number of halogens is 2. The molecule has 0 fully saturated rings. The Balaban J connectivity index is 2.22. The largest absolute Gasteiger partial charge is 0.497 e. The van der Waals surface area contributed by atoms with Gasteiger partial charge in [0.15, 0.2) is 0 Å². The van der Waals surface area contributed by atoms with Crippen molar-refractivity contribution in [2.45, 2.75) is 19.6 Å². The van der Waals surface area contributed by atoms with Crippen molar-refractivity contribution in [2.24, 2.45) is 5.73 Å². The normalized spacial score (nSPS) is 12.0. The van der Waals surface area contributed by atoms with Crippen molar-refractivity contribution in [3.63, 3.8) is 0 Å². The molecule has 2 N–H and O–H groups in total. The average Bonchev–Trinajstić information content (AvgIpc) is 2.45. The fourth-order valence-electron chi connectivity index (χ4n) is 1.94. The molecule has 3 nitrogen and oxygen atoms in total. The number of methoxy groups -OCH3 is 1. The van der Waals surface area contributed by atoms with Crippen molar-refractivity contribution in [3.05, 3.63) is 58.4 Å². The number of hydrogen-bond acceptors (Lipinski definition) is 3. The third-order valence-electron chi connectivity index (χ3n) is 3.11. The maximum atomic E-state index is 13.0. The summed E-state index contributed by atoms with van der Waals surface area (Å²) in [5.41, 5.74) is 7.50. The van der Waals surface area contributed by atoms with E-state index in [1.807, 2.05) is 19.1 Å². The van der Waals surface area contributed by atoms with Gasteiger partial charge in [-0.2, -0.15) is 0 Å². The summed E-state index contributed by atoms with van der Waals surface area (Å²) in [7, 11) is 1.58. The van der Waals surface area contributed by atoms with Gasteiger partial charge in [-0.15, -0.1) is 0 Å². The molecule has 112 valence electrons. The summed E-state index contributed by atoms with van der Waals surface area (Å²) in [6, 6.07) is 9.51. The van der Waals surface area contributed by atoms with Crippen LogP contribution in [0.2, 0.25) is 5.02 Å². The summed E-state index contributed by atoms with van der Waals surface area (Å²) in [4.78, 5) is 0. The Morgan fingerprint density at radius 3 is 2.62 bits per heavy atom. The van der Waals surface area contributed by atoms with Gasteiger partial charge in [-0.3, -0.25) is 0 Å². The minimum absolute atomic E-state index is 0.172. The maximum absolute atomic E-state index is 13.0. The number of hydrogen-bond donors (Lipinski definition) is 1. The van der Waals surface area contributed by atoms with Crippen LogP contribution in [0.25, 0.3) is 0 Å². The third kappa shape index (κ3) is 3.86. The number of benzene rings is 2. The molecule has 1 unspecified atom stereocenters. The van der Waals surface area contributed by atoms with E-state index in [1.165, 1.54) is 12.1 Å². The lowest BCUT2D eigenvalue weighted by molar-refractivity contribution is 0.299. The molecule has 2 rings (SSSR count). The molecule has 0 spiro atoms. The highest BCUT2D eigenvalue weighted by molar-refractivity contribution is 6.31. The second kappa shape index (κ2) is 6.78. The highest BCUT2D eigenvalue weighted by atomic mass is 35.5. The lowest BCUT2D eigenvalue weighted by Crippen LogP contribution is -2.08. The zero-order valence-corrected chi connectivity index (χ0v) is 12.7. The lowest BCUT2D eigenvalue weighted by Gasteiger charge is -2.15. The van der Waals surface area contributed by atoms with Crippen LogP contribution in [-0.2, 0) is 6.61 Å². The Kier molecular flexibility index (Phi) is 5.04. The van der Waals surface area contributed by atoms with E-state index in [-0.39, 0.29) is 18.5 Å². The third-order valence-corrected chi connectivity index (χ3v) is 3.46. The van der Waals surface area contributed by atoms with Crippen LogP contribution in [0, 0.1) is 5.82 Å². The van der Waals surface area contributed by atoms with Gasteiger partial charge < -0.3 is 15.2 Å². The van der Waals surface area contributed by atoms with Crippen LogP contribution in [0.3, 0.4) is 0 Å². The molecule has 0 amide bonds. The van der Waals surface area contributed by atoms with Crippen LogP contribution >= 0.6 is 11.6 Å². The number of nitrogens with two attached hydrogens (primary N) is 1. The molecule has 0 aromatic heterocycles. The van der Waals surface area contributed by atoms with Crippen molar-refractivity contribution < 1.29 is 13.9 Å². The molecule has 2 aromatic carbocycles. The van der Waals surface area contributed by atoms with Gasteiger partial charge in [0.25, 0.3) is 0 Å². The molecule has 0 heterocycles. The Morgan fingerprint density at radius 1 is 1.24 bits per heavy atom. The van der Waals surface area contributed by atoms with Crippen LogP contribution < -0.4 is 15.2 Å². The van der Waals surface area contributed by atoms with Crippen LogP contribution in [-0.4, -0.2) is 7.11 Å². The van der Waals surface area contributed by atoms with Crippen molar-refractivity contribution in [3.8, 4) is 11.5 Å². The highest BCUT2D eigenvalue weighted by Crippen LogP contribution is 2.30. The Labute approximate surface area is 128 Å². The van der Waals surface area contributed by atoms with E-state index in [1.54, 1.807) is 19.2 Å². The van der Waals surface area contributed by atoms with Gasteiger partial charge in [0.1, 0.15) is 23.9 Å². The van der Waals surface area contributed by atoms with Crippen molar-refractivity contribution in [2.75, 3.05) is 7.11 Å². The molecule has 0 aliphatic carbocycles. The van der Waals surface area contributed by atoms with E-state index in [0.29, 0.717) is 22.1 Å². The van der Waals surface area contributed by atoms with Crippen molar-refractivity contribution in [1.29, 1.82) is 0 Å². The van der Waals surface area contributed by atoms with E-state index in [4.69, 9.17) is 26.8 Å². The molecular formula is C16H17ClFNO2. The molecule has 0 saturated heterocycles. The van der Waals surface area contributed by atoms with Gasteiger partial charge in [-0.25, -0.2) is 4.39 Å².